The van der Waals surface area contributed by atoms with E-state index >= 15 is 0 Å². The third kappa shape index (κ3) is 3.04. The zero-order chi connectivity index (χ0) is 13.1. The van der Waals surface area contributed by atoms with Crippen molar-refractivity contribution in [3.8, 4) is 0 Å². The molecule has 0 radical (unpaired) electrons. The number of amides is 1. The number of rotatable bonds is 6. The summed E-state index contributed by atoms with van der Waals surface area (Å²) in [5.74, 6) is 0.635. The molecule has 1 N–H and O–H groups in total. The van der Waals surface area contributed by atoms with Gasteiger partial charge in [-0.1, -0.05) is 6.92 Å². The molecule has 18 heavy (non-hydrogen) atoms. The second-order valence-corrected chi connectivity index (χ2v) is 6.02. The molecule has 2 rings (SSSR count). The number of fused-ring (bicyclic) bond motifs is 2. The zero-order valence-electron chi connectivity index (χ0n) is 12.0. The van der Waals surface area contributed by atoms with Crippen molar-refractivity contribution in [2.75, 3.05) is 33.7 Å². The fourth-order valence-electron chi connectivity index (χ4n) is 3.25. The lowest BCUT2D eigenvalue weighted by atomic mass is 9.88. The molecule has 2 aliphatic rings. The molecule has 0 aliphatic carbocycles. The Hall–Kier alpha value is -0.610. The van der Waals surface area contributed by atoms with Crippen LogP contribution >= 0.6 is 0 Å². The van der Waals surface area contributed by atoms with Gasteiger partial charge in [0.2, 0.25) is 5.91 Å². The molecule has 2 saturated heterocycles. The van der Waals surface area contributed by atoms with Gasteiger partial charge in [-0.05, 0) is 39.8 Å². The first-order chi connectivity index (χ1) is 8.61. The van der Waals surface area contributed by atoms with E-state index in [2.05, 4.69) is 36.1 Å². The van der Waals surface area contributed by atoms with E-state index in [-0.39, 0.29) is 5.92 Å². The number of likely N-dealkylation sites (N-methyl/N-ethyl adjacent to an activating group) is 1. The Balaban J connectivity index is 1.90. The summed E-state index contributed by atoms with van der Waals surface area (Å²) in [6, 6.07) is 1.07. The van der Waals surface area contributed by atoms with Gasteiger partial charge in [0.15, 0.2) is 0 Å². The van der Waals surface area contributed by atoms with Gasteiger partial charge in [-0.25, -0.2) is 0 Å². The lowest BCUT2D eigenvalue weighted by Crippen LogP contribution is -2.44. The molecule has 104 valence electrons. The van der Waals surface area contributed by atoms with Crippen LogP contribution in [0.25, 0.3) is 0 Å². The summed E-state index contributed by atoms with van der Waals surface area (Å²) in [5.41, 5.74) is 0. The summed E-state index contributed by atoms with van der Waals surface area (Å²) in [6.45, 7) is 4.88. The molecule has 3 atom stereocenters. The highest BCUT2D eigenvalue weighted by molar-refractivity contribution is 5.80. The van der Waals surface area contributed by atoms with Crippen LogP contribution in [0.5, 0.6) is 0 Å². The fourth-order valence-corrected chi connectivity index (χ4v) is 3.25. The molecule has 0 saturated carbocycles. The first kappa shape index (κ1) is 13.8. The molecule has 4 nitrogen and oxygen atoms in total. The van der Waals surface area contributed by atoms with Crippen LogP contribution in [-0.4, -0.2) is 61.5 Å². The Kier molecular flexibility index (Phi) is 4.62. The van der Waals surface area contributed by atoms with Gasteiger partial charge in [0.25, 0.3) is 0 Å². The number of carbonyl (C=O) groups excluding carboxylic acids is 1. The van der Waals surface area contributed by atoms with Crippen molar-refractivity contribution in [1.29, 1.82) is 0 Å². The predicted molar refractivity (Wildman–Crippen MR) is 73.5 cm³/mol. The Labute approximate surface area is 111 Å². The van der Waals surface area contributed by atoms with E-state index in [0.29, 0.717) is 18.0 Å². The van der Waals surface area contributed by atoms with E-state index < -0.39 is 0 Å². The smallest absolute Gasteiger partial charge is 0.227 e. The summed E-state index contributed by atoms with van der Waals surface area (Å²) in [7, 11) is 4.13. The van der Waals surface area contributed by atoms with Crippen molar-refractivity contribution in [3.05, 3.63) is 0 Å². The van der Waals surface area contributed by atoms with E-state index in [4.69, 9.17) is 0 Å². The van der Waals surface area contributed by atoms with Gasteiger partial charge in [0.1, 0.15) is 0 Å². The number of hydrogen-bond donors (Lipinski definition) is 1. The van der Waals surface area contributed by atoms with Crippen molar-refractivity contribution in [2.45, 2.75) is 44.7 Å². The quantitative estimate of drug-likeness (QED) is 0.765. The van der Waals surface area contributed by atoms with Gasteiger partial charge >= 0.3 is 0 Å². The Bertz CT molecular complexity index is 293. The van der Waals surface area contributed by atoms with Crippen molar-refractivity contribution in [2.24, 2.45) is 5.92 Å². The number of carbonyl (C=O) groups is 1. The van der Waals surface area contributed by atoms with Crippen LogP contribution in [-0.2, 0) is 4.79 Å². The van der Waals surface area contributed by atoms with Crippen molar-refractivity contribution < 1.29 is 4.79 Å². The molecule has 4 heteroatoms. The maximum absolute atomic E-state index is 12.6. The van der Waals surface area contributed by atoms with Crippen LogP contribution in [0.2, 0.25) is 0 Å². The highest BCUT2D eigenvalue weighted by Gasteiger charge is 2.43. The Morgan fingerprint density at radius 1 is 1.22 bits per heavy atom. The molecule has 0 aromatic rings. The van der Waals surface area contributed by atoms with Gasteiger partial charge < -0.3 is 15.1 Å². The highest BCUT2D eigenvalue weighted by Crippen LogP contribution is 2.34. The van der Waals surface area contributed by atoms with Gasteiger partial charge in [-0.15, -0.1) is 0 Å². The van der Waals surface area contributed by atoms with Gasteiger partial charge in [-0.2, -0.15) is 0 Å². The van der Waals surface area contributed by atoms with E-state index in [1.807, 2.05) is 0 Å². The molecule has 2 heterocycles. The van der Waals surface area contributed by atoms with E-state index in [9.17, 15) is 4.79 Å². The Morgan fingerprint density at radius 3 is 2.50 bits per heavy atom. The van der Waals surface area contributed by atoms with Crippen LogP contribution in [0.15, 0.2) is 0 Å². The third-order valence-corrected chi connectivity index (χ3v) is 4.24. The van der Waals surface area contributed by atoms with Gasteiger partial charge in [0.05, 0.1) is 5.92 Å². The van der Waals surface area contributed by atoms with Crippen LogP contribution in [0, 0.1) is 5.92 Å². The largest absolute Gasteiger partial charge is 0.341 e. The summed E-state index contributed by atoms with van der Waals surface area (Å²) in [6.07, 6.45) is 4.56. The minimum absolute atomic E-state index is 0.248. The molecule has 2 fully saturated rings. The Morgan fingerprint density at radius 2 is 2.00 bits per heavy atom. The van der Waals surface area contributed by atoms with Crippen LogP contribution in [0.1, 0.15) is 32.6 Å². The first-order valence-electron chi connectivity index (χ1n) is 7.31. The van der Waals surface area contributed by atoms with Gasteiger partial charge in [-0.3, -0.25) is 4.79 Å². The van der Waals surface area contributed by atoms with Crippen LogP contribution < -0.4 is 5.32 Å². The van der Waals surface area contributed by atoms with Crippen LogP contribution in [0.3, 0.4) is 0 Å². The number of nitrogens with one attached hydrogen (secondary N) is 1. The normalized spacial score (nSPS) is 30.1. The van der Waals surface area contributed by atoms with E-state index in [1.165, 1.54) is 12.8 Å². The minimum Gasteiger partial charge on any atom is -0.341 e. The lowest BCUT2D eigenvalue weighted by molar-refractivity contribution is -0.136. The SMILES string of the molecule is CCCN(CCN(C)C)C(=O)C1CC2CCC1N2. The standard InChI is InChI=1S/C14H27N3O/c1-4-7-17(9-8-16(2)3)14(18)12-10-11-5-6-13(12)15-11/h11-13,15H,4-10H2,1-3H3. The first-order valence-corrected chi connectivity index (χ1v) is 7.31. The lowest BCUT2D eigenvalue weighted by Gasteiger charge is -2.29. The molecule has 1 amide bonds. The van der Waals surface area contributed by atoms with E-state index in [0.717, 1.165) is 32.5 Å². The maximum atomic E-state index is 12.6. The summed E-state index contributed by atoms with van der Waals surface area (Å²) in [4.78, 5) is 16.8. The third-order valence-electron chi connectivity index (χ3n) is 4.24. The summed E-state index contributed by atoms with van der Waals surface area (Å²) >= 11 is 0. The minimum atomic E-state index is 0.248. The highest BCUT2D eigenvalue weighted by atomic mass is 16.2. The zero-order valence-corrected chi connectivity index (χ0v) is 12.0. The average Bonchev–Trinajstić information content (AvgIpc) is 2.95. The number of hydrogen-bond acceptors (Lipinski definition) is 3. The second-order valence-electron chi connectivity index (χ2n) is 6.02. The fraction of sp³-hybridized carbons (Fsp3) is 0.929. The average molecular weight is 253 g/mol. The molecular formula is C14H27N3O. The molecule has 0 spiro atoms. The van der Waals surface area contributed by atoms with Crippen LogP contribution in [0.4, 0.5) is 0 Å². The summed E-state index contributed by atoms with van der Waals surface area (Å²) < 4.78 is 0. The summed E-state index contributed by atoms with van der Waals surface area (Å²) in [5, 5.41) is 3.56. The predicted octanol–water partition coefficient (Wildman–Crippen LogP) is 0.927. The monoisotopic (exact) mass is 253 g/mol. The molecule has 2 aliphatic heterocycles. The molecule has 0 aromatic heterocycles. The molecule has 3 unspecified atom stereocenters. The topological polar surface area (TPSA) is 35.6 Å². The molecule has 2 bridgehead atoms. The van der Waals surface area contributed by atoms with Crippen molar-refractivity contribution >= 4 is 5.91 Å². The molecule has 0 aromatic carbocycles. The number of nitrogens with zero attached hydrogens (tertiary/aromatic N) is 2. The second kappa shape index (κ2) is 6.02. The van der Waals surface area contributed by atoms with Crippen molar-refractivity contribution in [3.63, 3.8) is 0 Å². The van der Waals surface area contributed by atoms with Crippen molar-refractivity contribution in [1.82, 2.24) is 15.1 Å². The van der Waals surface area contributed by atoms with Gasteiger partial charge in [0, 0.05) is 31.7 Å². The molecular weight excluding hydrogens is 226 g/mol. The maximum Gasteiger partial charge on any atom is 0.227 e. The van der Waals surface area contributed by atoms with E-state index in [1.54, 1.807) is 0 Å².